The van der Waals surface area contributed by atoms with Gasteiger partial charge < -0.3 is 9.47 Å². The van der Waals surface area contributed by atoms with Gasteiger partial charge in [0, 0.05) is 37.6 Å². The van der Waals surface area contributed by atoms with E-state index in [1.807, 2.05) is 10.8 Å². The van der Waals surface area contributed by atoms with Crippen molar-refractivity contribution in [1.29, 1.82) is 0 Å². The molecule has 0 saturated carbocycles. The van der Waals surface area contributed by atoms with Gasteiger partial charge in [0.05, 0.1) is 16.5 Å². The molecule has 2 aliphatic rings. The predicted molar refractivity (Wildman–Crippen MR) is 83.4 cm³/mol. The van der Waals surface area contributed by atoms with Gasteiger partial charge in [0.15, 0.2) is 0 Å². The lowest BCUT2D eigenvalue weighted by Gasteiger charge is -2.27. The maximum atomic E-state index is 13.0. The van der Waals surface area contributed by atoms with E-state index in [-0.39, 0.29) is 17.5 Å². The third kappa shape index (κ3) is 2.19. The van der Waals surface area contributed by atoms with Gasteiger partial charge >= 0.3 is 0 Å². The Morgan fingerprint density at radius 3 is 3.04 bits per heavy atom. The molecule has 0 radical (unpaired) electrons. The fraction of sp³-hybridized carbons (Fsp3) is 0.375. The minimum Gasteiger partial charge on any atom is -0.334 e. The number of amides is 1. The quantitative estimate of drug-likeness (QED) is 0.629. The Labute approximate surface area is 132 Å². The molecule has 23 heavy (non-hydrogen) atoms. The van der Waals surface area contributed by atoms with Gasteiger partial charge in [-0.25, -0.2) is 4.98 Å². The summed E-state index contributed by atoms with van der Waals surface area (Å²) in [5.74, 6) is 0.542. The number of non-ortho nitro benzene ring substituents is 1. The second kappa shape index (κ2) is 5.19. The highest BCUT2D eigenvalue weighted by molar-refractivity contribution is 5.99. The summed E-state index contributed by atoms with van der Waals surface area (Å²) in [6, 6.07) is 4.76. The van der Waals surface area contributed by atoms with Crippen LogP contribution in [-0.4, -0.2) is 26.9 Å². The molecular formula is C16H16N4O3. The van der Waals surface area contributed by atoms with E-state index in [1.165, 1.54) is 12.1 Å². The highest BCUT2D eigenvalue weighted by atomic mass is 16.6. The van der Waals surface area contributed by atoms with E-state index in [2.05, 4.69) is 4.98 Å². The number of nitro benzene ring substituents is 1. The minimum atomic E-state index is -0.422. The van der Waals surface area contributed by atoms with E-state index in [9.17, 15) is 14.9 Å². The van der Waals surface area contributed by atoms with Gasteiger partial charge in [-0.1, -0.05) is 6.07 Å². The molecule has 1 atom stereocenters. The van der Waals surface area contributed by atoms with E-state index in [0.29, 0.717) is 12.2 Å². The van der Waals surface area contributed by atoms with Crippen molar-refractivity contribution in [2.45, 2.75) is 31.7 Å². The van der Waals surface area contributed by atoms with Crippen molar-refractivity contribution in [1.82, 2.24) is 9.55 Å². The molecule has 7 heteroatoms. The number of aromatic nitrogens is 2. The zero-order valence-electron chi connectivity index (χ0n) is 12.5. The SMILES string of the molecule is O=C([C@H]1CCCn2ccnc21)N1CCc2ccc([N+](=O)[O-])cc21. The standard InChI is InChI=1S/C16H16N4O3/c21-16(13-2-1-7-18-9-6-17-15(13)18)19-8-5-11-3-4-12(20(22)23)10-14(11)19/h3-4,6,9-10,13H,1-2,5,7-8H2/t13-/m0/s1. The number of hydrogen-bond acceptors (Lipinski definition) is 4. The summed E-state index contributed by atoms with van der Waals surface area (Å²) in [6.07, 6.45) is 6.08. The van der Waals surface area contributed by atoms with Crippen molar-refractivity contribution in [2.24, 2.45) is 0 Å². The van der Waals surface area contributed by atoms with E-state index in [4.69, 9.17) is 0 Å². The second-order valence-corrected chi connectivity index (χ2v) is 5.98. The molecule has 2 aromatic rings. The molecule has 0 bridgehead atoms. The molecule has 118 valence electrons. The Hall–Kier alpha value is -2.70. The van der Waals surface area contributed by atoms with E-state index in [1.54, 1.807) is 17.2 Å². The van der Waals surface area contributed by atoms with Gasteiger partial charge in [-0.2, -0.15) is 0 Å². The van der Waals surface area contributed by atoms with Crippen LogP contribution >= 0.6 is 0 Å². The van der Waals surface area contributed by atoms with Crippen molar-refractivity contribution in [2.75, 3.05) is 11.4 Å². The van der Waals surface area contributed by atoms with Crippen LogP contribution < -0.4 is 4.90 Å². The summed E-state index contributed by atoms with van der Waals surface area (Å²) in [5.41, 5.74) is 1.68. The summed E-state index contributed by atoms with van der Waals surface area (Å²) in [4.78, 5) is 29.6. The Kier molecular flexibility index (Phi) is 3.14. The van der Waals surface area contributed by atoms with Crippen molar-refractivity contribution < 1.29 is 9.72 Å². The molecule has 7 nitrogen and oxygen atoms in total. The highest BCUT2D eigenvalue weighted by Gasteiger charge is 2.35. The fourth-order valence-corrected chi connectivity index (χ4v) is 3.55. The van der Waals surface area contributed by atoms with Gasteiger partial charge in [0.25, 0.3) is 5.69 Å². The number of carbonyl (C=O) groups is 1. The zero-order valence-corrected chi connectivity index (χ0v) is 12.5. The summed E-state index contributed by atoms with van der Waals surface area (Å²) in [5, 5.41) is 11.0. The van der Waals surface area contributed by atoms with Gasteiger partial charge in [-0.15, -0.1) is 0 Å². The van der Waals surface area contributed by atoms with Crippen LogP contribution in [0.3, 0.4) is 0 Å². The number of imidazole rings is 1. The molecule has 0 spiro atoms. The molecule has 1 aromatic carbocycles. The number of anilines is 1. The number of benzene rings is 1. The first-order chi connectivity index (χ1) is 11.1. The molecule has 2 aliphatic heterocycles. The number of nitro groups is 1. The summed E-state index contributed by atoms with van der Waals surface area (Å²) >= 11 is 0. The Morgan fingerprint density at radius 1 is 1.35 bits per heavy atom. The molecule has 0 unspecified atom stereocenters. The van der Waals surface area contributed by atoms with Crippen molar-refractivity contribution in [3.63, 3.8) is 0 Å². The zero-order chi connectivity index (χ0) is 16.0. The van der Waals surface area contributed by atoms with Crippen LogP contribution in [0.25, 0.3) is 0 Å². The molecule has 0 saturated heterocycles. The van der Waals surface area contributed by atoms with Gasteiger partial charge in [0.2, 0.25) is 5.91 Å². The molecular weight excluding hydrogens is 296 g/mol. The number of fused-ring (bicyclic) bond motifs is 2. The maximum Gasteiger partial charge on any atom is 0.271 e. The number of aryl methyl sites for hydroxylation is 1. The van der Waals surface area contributed by atoms with Gasteiger partial charge in [-0.3, -0.25) is 14.9 Å². The minimum absolute atomic E-state index is 0.00334. The van der Waals surface area contributed by atoms with Gasteiger partial charge in [-0.05, 0) is 24.8 Å². The van der Waals surface area contributed by atoms with E-state index in [0.717, 1.165) is 37.2 Å². The van der Waals surface area contributed by atoms with Crippen molar-refractivity contribution in [3.05, 3.63) is 52.1 Å². The molecule has 0 fully saturated rings. The summed E-state index contributed by atoms with van der Waals surface area (Å²) < 4.78 is 2.02. The molecule has 1 aromatic heterocycles. The summed E-state index contributed by atoms with van der Waals surface area (Å²) in [7, 11) is 0. The van der Waals surface area contributed by atoms with Crippen LogP contribution in [0.15, 0.2) is 30.6 Å². The lowest BCUT2D eigenvalue weighted by atomic mass is 9.97. The number of carbonyl (C=O) groups excluding carboxylic acids is 1. The second-order valence-electron chi connectivity index (χ2n) is 5.98. The first kappa shape index (κ1) is 13.9. The predicted octanol–water partition coefficient (Wildman–Crippen LogP) is 2.26. The molecule has 4 rings (SSSR count). The topological polar surface area (TPSA) is 81.3 Å². The first-order valence-electron chi connectivity index (χ1n) is 7.75. The lowest BCUT2D eigenvalue weighted by molar-refractivity contribution is -0.384. The molecule has 1 amide bonds. The monoisotopic (exact) mass is 312 g/mol. The van der Waals surface area contributed by atoms with Crippen molar-refractivity contribution in [3.8, 4) is 0 Å². The third-order valence-electron chi connectivity index (χ3n) is 4.69. The Bertz CT molecular complexity index is 798. The highest BCUT2D eigenvalue weighted by Crippen LogP contribution is 2.36. The Balaban J connectivity index is 1.68. The molecule has 0 aliphatic carbocycles. The van der Waals surface area contributed by atoms with E-state index >= 15 is 0 Å². The first-order valence-corrected chi connectivity index (χ1v) is 7.75. The molecule has 0 N–H and O–H groups in total. The van der Waals surface area contributed by atoms with Crippen LogP contribution in [0, 0.1) is 10.1 Å². The van der Waals surface area contributed by atoms with Crippen LogP contribution in [0.5, 0.6) is 0 Å². The molecule has 3 heterocycles. The fourth-order valence-electron chi connectivity index (χ4n) is 3.55. The smallest absolute Gasteiger partial charge is 0.271 e. The average molecular weight is 312 g/mol. The van der Waals surface area contributed by atoms with Crippen LogP contribution in [0.4, 0.5) is 11.4 Å². The lowest BCUT2D eigenvalue weighted by Crippen LogP contribution is -2.36. The number of nitrogens with zero attached hydrogens (tertiary/aromatic N) is 4. The Morgan fingerprint density at radius 2 is 2.22 bits per heavy atom. The average Bonchev–Trinajstić information content (AvgIpc) is 3.19. The number of hydrogen-bond donors (Lipinski definition) is 0. The largest absolute Gasteiger partial charge is 0.334 e. The van der Waals surface area contributed by atoms with Crippen LogP contribution in [0.1, 0.15) is 30.1 Å². The van der Waals surface area contributed by atoms with Crippen LogP contribution in [0.2, 0.25) is 0 Å². The number of rotatable bonds is 2. The van der Waals surface area contributed by atoms with Crippen LogP contribution in [-0.2, 0) is 17.8 Å². The van der Waals surface area contributed by atoms with Gasteiger partial charge in [0.1, 0.15) is 5.82 Å². The normalized spacial score (nSPS) is 19.3. The maximum absolute atomic E-state index is 13.0. The summed E-state index contributed by atoms with van der Waals surface area (Å²) in [6.45, 7) is 1.47. The van der Waals surface area contributed by atoms with E-state index < -0.39 is 4.92 Å². The third-order valence-corrected chi connectivity index (χ3v) is 4.69. The van der Waals surface area contributed by atoms with Crippen molar-refractivity contribution >= 4 is 17.3 Å².